The minimum atomic E-state index is -0.727. The lowest BCUT2D eigenvalue weighted by Gasteiger charge is -2.20. The molecule has 1 rings (SSSR count). The molecule has 0 bridgehead atoms. The molecule has 0 aliphatic rings. The average molecular weight is 320 g/mol. The van der Waals surface area contributed by atoms with Gasteiger partial charge in [0.25, 0.3) is 0 Å². The molecule has 1 amide bonds. The van der Waals surface area contributed by atoms with Gasteiger partial charge in [0.15, 0.2) is 11.6 Å². The van der Waals surface area contributed by atoms with E-state index >= 15 is 0 Å². The summed E-state index contributed by atoms with van der Waals surface area (Å²) in [5.41, 5.74) is -0.657. The van der Waals surface area contributed by atoms with Crippen molar-refractivity contribution in [1.29, 1.82) is 0 Å². The molecule has 0 saturated carbocycles. The zero-order chi connectivity index (χ0) is 13.9. The van der Waals surface area contributed by atoms with E-state index in [2.05, 4.69) is 21.2 Å². The third-order valence-corrected chi connectivity index (χ3v) is 2.56. The summed E-state index contributed by atoms with van der Waals surface area (Å²) in [6, 6.07) is 3.04. The van der Waals surface area contributed by atoms with Crippen molar-refractivity contribution in [3.8, 4) is 5.75 Å². The van der Waals surface area contributed by atoms with Gasteiger partial charge in [-0.2, -0.15) is 0 Å². The molecular weight excluding hydrogens is 305 g/mol. The van der Waals surface area contributed by atoms with Crippen molar-refractivity contribution in [3.05, 3.63) is 22.4 Å². The van der Waals surface area contributed by atoms with Crippen molar-refractivity contribution in [3.63, 3.8) is 0 Å². The van der Waals surface area contributed by atoms with Gasteiger partial charge in [-0.15, -0.1) is 0 Å². The highest BCUT2D eigenvalue weighted by Gasteiger charge is 2.20. The van der Waals surface area contributed by atoms with Gasteiger partial charge in [-0.25, -0.2) is 9.18 Å². The summed E-state index contributed by atoms with van der Waals surface area (Å²) in [6.07, 6.45) is -0.727. The molecule has 0 radical (unpaired) electrons. The van der Waals surface area contributed by atoms with Gasteiger partial charge in [0.2, 0.25) is 0 Å². The van der Waals surface area contributed by atoms with Crippen LogP contribution in [0.1, 0.15) is 20.8 Å². The van der Waals surface area contributed by atoms with Gasteiger partial charge >= 0.3 is 6.09 Å². The Morgan fingerprint density at radius 3 is 2.50 bits per heavy atom. The first-order valence-corrected chi connectivity index (χ1v) is 6.06. The minimum absolute atomic E-state index is 0.0106. The summed E-state index contributed by atoms with van der Waals surface area (Å²) in [5, 5.41) is 2.35. The zero-order valence-electron chi connectivity index (χ0n) is 10.6. The summed E-state index contributed by atoms with van der Waals surface area (Å²) in [6.45, 7) is 5.18. The minimum Gasteiger partial charge on any atom is -0.494 e. The topological polar surface area (TPSA) is 47.6 Å². The Labute approximate surface area is 114 Å². The molecule has 0 fully saturated rings. The van der Waals surface area contributed by atoms with Crippen LogP contribution >= 0.6 is 15.9 Å². The van der Waals surface area contributed by atoms with Crippen LogP contribution in [-0.2, 0) is 4.74 Å². The molecule has 1 N–H and O–H groups in total. The van der Waals surface area contributed by atoms with Crippen molar-refractivity contribution >= 4 is 27.7 Å². The van der Waals surface area contributed by atoms with Crippen LogP contribution in [-0.4, -0.2) is 18.8 Å². The number of halogens is 2. The third-order valence-electron chi connectivity index (χ3n) is 1.90. The van der Waals surface area contributed by atoms with Gasteiger partial charge in [0.05, 0.1) is 12.8 Å². The summed E-state index contributed by atoms with van der Waals surface area (Å²) in [5.74, 6) is -0.609. The number of amides is 1. The lowest BCUT2D eigenvalue weighted by atomic mass is 10.2. The fourth-order valence-electron chi connectivity index (χ4n) is 1.21. The SMILES string of the molecule is COc1ccc(Br)c(NC(=O)OC(C)(C)C)c1F. The largest absolute Gasteiger partial charge is 0.494 e. The average Bonchev–Trinajstić information content (AvgIpc) is 2.22. The monoisotopic (exact) mass is 319 g/mol. The molecule has 4 nitrogen and oxygen atoms in total. The molecule has 100 valence electrons. The van der Waals surface area contributed by atoms with E-state index in [0.29, 0.717) is 4.47 Å². The number of ether oxygens (including phenoxy) is 2. The van der Waals surface area contributed by atoms with Crippen molar-refractivity contribution in [2.24, 2.45) is 0 Å². The molecule has 0 unspecified atom stereocenters. The maximum absolute atomic E-state index is 13.9. The summed E-state index contributed by atoms with van der Waals surface area (Å²) in [7, 11) is 1.35. The Hall–Kier alpha value is -1.30. The van der Waals surface area contributed by atoms with E-state index in [0.717, 1.165) is 0 Å². The number of nitrogens with one attached hydrogen (secondary N) is 1. The summed E-state index contributed by atoms with van der Waals surface area (Å²) >= 11 is 3.15. The summed E-state index contributed by atoms with van der Waals surface area (Å²) < 4.78 is 24.2. The van der Waals surface area contributed by atoms with Gasteiger partial charge in [0.1, 0.15) is 5.60 Å². The first-order chi connectivity index (χ1) is 8.24. The molecule has 0 aromatic heterocycles. The van der Waals surface area contributed by atoms with Crippen molar-refractivity contribution < 1.29 is 18.7 Å². The standard InChI is InChI=1S/C12H15BrFNO3/c1-12(2,3)18-11(16)15-10-7(13)5-6-8(17-4)9(10)14/h5-6H,1-4H3,(H,15,16). The fraction of sp³-hybridized carbons (Fsp3) is 0.417. The maximum Gasteiger partial charge on any atom is 0.412 e. The normalized spacial score (nSPS) is 11.0. The Kier molecular flexibility index (Phi) is 4.56. The number of methoxy groups -OCH3 is 1. The van der Waals surface area contributed by atoms with Crippen LogP contribution < -0.4 is 10.1 Å². The molecule has 18 heavy (non-hydrogen) atoms. The Balaban J connectivity index is 2.94. The quantitative estimate of drug-likeness (QED) is 0.898. The van der Waals surface area contributed by atoms with E-state index in [9.17, 15) is 9.18 Å². The molecule has 1 aromatic carbocycles. The van der Waals surface area contributed by atoms with Crippen LogP contribution in [0.15, 0.2) is 16.6 Å². The van der Waals surface area contributed by atoms with Crippen LogP contribution in [0.4, 0.5) is 14.9 Å². The van der Waals surface area contributed by atoms with Crippen molar-refractivity contribution in [2.45, 2.75) is 26.4 Å². The molecule has 0 atom stereocenters. The smallest absolute Gasteiger partial charge is 0.412 e. The second-order valence-corrected chi connectivity index (χ2v) is 5.42. The second-order valence-electron chi connectivity index (χ2n) is 4.57. The fourth-order valence-corrected chi connectivity index (χ4v) is 1.62. The van der Waals surface area contributed by atoms with Gasteiger partial charge in [-0.1, -0.05) is 0 Å². The number of carbonyl (C=O) groups is 1. The van der Waals surface area contributed by atoms with E-state index < -0.39 is 17.5 Å². The number of rotatable bonds is 2. The predicted molar refractivity (Wildman–Crippen MR) is 70.5 cm³/mol. The highest BCUT2D eigenvalue weighted by atomic mass is 79.9. The Morgan fingerprint density at radius 2 is 2.00 bits per heavy atom. The number of hydrogen-bond donors (Lipinski definition) is 1. The number of anilines is 1. The number of benzene rings is 1. The summed E-state index contributed by atoms with van der Waals surface area (Å²) in [4.78, 5) is 11.6. The van der Waals surface area contributed by atoms with Gasteiger partial charge < -0.3 is 9.47 Å². The van der Waals surface area contributed by atoms with E-state index in [1.807, 2.05) is 0 Å². The molecule has 0 heterocycles. The first-order valence-electron chi connectivity index (χ1n) is 5.26. The van der Waals surface area contributed by atoms with Crippen LogP contribution in [0, 0.1) is 5.82 Å². The van der Waals surface area contributed by atoms with Crippen molar-refractivity contribution in [1.82, 2.24) is 0 Å². The van der Waals surface area contributed by atoms with Gasteiger partial charge in [0, 0.05) is 4.47 Å². The maximum atomic E-state index is 13.9. The van der Waals surface area contributed by atoms with E-state index in [4.69, 9.17) is 9.47 Å². The zero-order valence-corrected chi connectivity index (χ0v) is 12.2. The molecule has 0 aliphatic heterocycles. The van der Waals surface area contributed by atoms with E-state index in [1.54, 1.807) is 26.8 Å². The lowest BCUT2D eigenvalue weighted by Crippen LogP contribution is -2.27. The molecule has 0 aliphatic carbocycles. The molecule has 0 spiro atoms. The third kappa shape index (κ3) is 3.87. The lowest BCUT2D eigenvalue weighted by molar-refractivity contribution is 0.0635. The van der Waals surface area contributed by atoms with Crippen LogP contribution in [0.5, 0.6) is 5.75 Å². The predicted octanol–water partition coefficient (Wildman–Crippen LogP) is 3.94. The highest BCUT2D eigenvalue weighted by Crippen LogP contribution is 2.32. The van der Waals surface area contributed by atoms with Gasteiger partial charge in [-0.3, -0.25) is 5.32 Å². The van der Waals surface area contributed by atoms with Crippen molar-refractivity contribution in [2.75, 3.05) is 12.4 Å². The number of carbonyl (C=O) groups excluding carboxylic acids is 1. The highest BCUT2D eigenvalue weighted by molar-refractivity contribution is 9.10. The molecular formula is C12H15BrFNO3. The van der Waals surface area contributed by atoms with Gasteiger partial charge in [-0.05, 0) is 48.8 Å². The first kappa shape index (κ1) is 14.8. The molecule has 6 heteroatoms. The van der Waals surface area contributed by atoms with Crippen LogP contribution in [0.25, 0.3) is 0 Å². The second kappa shape index (κ2) is 5.56. The van der Waals surface area contributed by atoms with Crippen LogP contribution in [0.3, 0.4) is 0 Å². The molecule has 0 saturated heterocycles. The Morgan fingerprint density at radius 1 is 1.39 bits per heavy atom. The van der Waals surface area contributed by atoms with E-state index in [1.165, 1.54) is 13.2 Å². The number of hydrogen-bond acceptors (Lipinski definition) is 3. The van der Waals surface area contributed by atoms with Crippen LogP contribution in [0.2, 0.25) is 0 Å². The molecule has 1 aromatic rings. The van der Waals surface area contributed by atoms with E-state index in [-0.39, 0.29) is 11.4 Å². The Bertz CT molecular complexity index is 457.